The van der Waals surface area contributed by atoms with Gasteiger partial charge in [-0.3, -0.25) is 0 Å². The van der Waals surface area contributed by atoms with Crippen molar-refractivity contribution in [2.24, 2.45) is 0 Å². The number of anilines is 4. The van der Waals surface area contributed by atoms with E-state index in [0.717, 1.165) is 5.69 Å². The van der Waals surface area contributed by atoms with E-state index in [9.17, 15) is 8.42 Å². The maximum atomic E-state index is 12.9. The lowest BCUT2D eigenvalue weighted by Crippen LogP contribution is -2.22. The van der Waals surface area contributed by atoms with Crippen molar-refractivity contribution in [1.29, 1.82) is 0 Å². The molecule has 29 heavy (non-hydrogen) atoms. The molecule has 152 valence electrons. The molecule has 8 nitrogen and oxygen atoms in total. The molecule has 3 rings (SSSR count). The first-order valence-corrected chi connectivity index (χ1v) is 10.9. The Morgan fingerprint density at radius 3 is 2.52 bits per heavy atom. The van der Waals surface area contributed by atoms with Gasteiger partial charge in [-0.15, -0.1) is 12.6 Å². The van der Waals surface area contributed by atoms with Crippen LogP contribution in [0.5, 0.6) is 0 Å². The molecule has 0 bridgehead atoms. The van der Waals surface area contributed by atoms with Crippen molar-refractivity contribution in [2.45, 2.75) is 23.6 Å². The fourth-order valence-electron chi connectivity index (χ4n) is 2.63. The monoisotopic (exact) mass is 450 g/mol. The number of sulfonamides is 1. The minimum Gasteiger partial charge on any atom is -0.368 e. The average Bonchev–Trinajstić information content (AvgIpc) is 2.65. The van der Waals surface area contributed by atoms with Crippen molar-refractivity contribution >= 4 is 57.8 Å². The number of hydrogen-bond donors (Lipinski definition) is 3. The summed E-state index contributed by atoms with van der Waals surface area (Å²) in [4.78, 5) is 14.2. The summed E-state index contributed by atoms with van der Waals surface area (Å²) in [7, 11) is -4.03. The maximum absolute atomic E-state index is 12.9. The topological polar surface area (TPSA) is 114 Å². The molecule has 0 radical (unpaired) electrons. The van der Waals surface area contributed by atoms with E-state index in [1.54, 1.807) is 11.8 Å². The molecule has 1 heterocycles. The molecule has 3 N–H and O–H groups in total. The number of hydrogen-bond acceptors (Lipinski definition) is 8. The Labute approximate surface area is 179 Å². The van der Waals surface area contributed by atoms with Gasteiger partial charge < -0.3 is 10.6 Å². The predicted octanol–water partition coefficient (Wildman–Crippen LogP) is 3.66. The minimum atomic E-state index is -4.03. The molecule has 0 amide bonds. The van der Waals surface area contributed by atoms with Crippen LogP contribution in [-0.4, -0.2) is 29.9 Å². The number of nitrogen functional groups attached to an aromatic ring is 1. The summed E-state index contributed by atoms with van der Waals surface area (Å²) in [5.41, 5.74) is 7.24. The molecule has 3 aromatic rings. The zero-order chi connectivity index (χ0) is 21.2. The Morgan fingerprint density at radius 2 is 1.86 bits per heavy atom. The SMILES string of the molecule is CCN(c1ccccc1)c1nc(N)nc(NS(=O)(=O)c2cc(C)c(Cl)cc2S)n1. The second-order valence-corrected chi connectivity index (χ2v) is 8.61. The Kier molecular flexibility index (Phi) is 6.15. The normalized spacial score (nSPS) is 11.3. The van der Waals surface area contributed by atoms with Gasteiger partial charge in [0.2, 0.25) is 17.8 Å². The van der Waals surface area contributed by atoms with E-state index in [-0.39, 0.29) is 27.6 Å². The van der Waals surface area contributed by atoms with E-state index in [2.05, 4.69) is 32.3 Å². The first kappa shape index (κ1) is 21.2. The Hall–Kier alpha value is -2.56. The van der Waals surface area contributed by atoms with Gasteiger partial charge in [-0.05, 0) is 43.7 Å². The van der Waals surface area contributed by atoms with Crippen molar-refractivity contribution in [3.05, 3.63) is 53.1 Å². The molecule has 0 spiro atoms. The van der Waals surface area contributed by atoms with Crippen LogP contribution < -0.4 is 15.4 Å². The lowest BCUT2D eigenvalue weighted by Gasteiger charge is -2.21. The van der Waals surface area contributed by atoms with Gasteiger partial charge in [-0.1, -0.05) is 29.8 Å². The number of aromatic nitrogens is 3. The summed E-state index contributed by atoms with van der Waals surface area (Å²) in [5.74, 6) is -0.0787. The van der Waals surface area contributed by atoms with Gasteiger partial charge in [-0.25, -0.2) is 13.1 Å². The number of rotatable bonds is 6. The van der Waals surface area contributed by atoms with Crippen molar-refractivity contribution < 1.29 is 8.42 Å². The zero-order valence-electron chi connectivity index (χ0n) is 15.7. The Bertz CT molecular complexity index is 1140. The maximum Gasteiger partial charge on any atom is 0.265 e. The smallest absolute Gasteiger partial charge is 0.265 e. The highest BCUT2D eigenvalue weighted by Gasteiger charge is 2.22. The third-order valence-electron chi connectivity index (χ3n) is 4.02. The second kappa shape index (κ2) is 8.44. The largest absolute Gasteiger partial charge is 0.368 e. The summed E-state index contributed by atoms with van der Waals surface area (Å²) in [5, 5.41) is 0.419. The van der Waals surface area contributed by atoms with Crippen LogP contribution in [0.25, 0.3) is 0 Å². The number of benzene rings is 2. The van der Waals surface area contributed by atoms with Crippen molar-refractivity contribution in [1.82, 2.24) is 15.0 Å². The molecule has 0 unspecified atom stereocenters. The first-order valence-electron chi connectivity index (χ1n) is 8.57. The molecule has 2 aromatic carbocycles. The highest BCUT2D eigenvalue weighted by molar-refractivity contribution is 7.93. The molecule has 0 aliphatic carbocycles. The first-order chi connectivity index (χ1) is 13.7. The van der Waals surface area contributed by atoms with Crippen molar-refractivity contribution in [3.63, 3.8) is 0 Å². The highest BCUT2D eigenvalue weighted by Crippen LogP contribution is 2.28. The van der Waals surface area contributed by atoms with Crippen LogP contribution in [0.2, 0.25) is 5.02 Å². The molecular weight excluding hydrogens is 432 g/mol. The van der Waals surface area contributed by atoms with Gasteiger partial charge in [0.05, 0.1) is 0 Å². The zero-order valence-corrected chi connectivity index (χ0v) is 18.1. The molecule has 0 saturated heterocycles. The van der Waals surface area contributed by atoms with Crippen LogP contribution in [0.15, 0.2) is 52.3 Å². The fourth-order valence-corrected chi connectivity index (χ4v) is 4.53. The van der Waals surface area contributed by atoms with Crippen molar-refractivity contribution in [2.75, 3.05) is 21.9 Å². The average molecular weight is 451 g/mol. The summed E-state index contributed by atoms with van der Waals surface area (Å²) in [6.07, 6.45) is 0. The molecule has 0 atom stereocenters. The Morgan fingerprint density at radius 1 is 1.17 bits per heavy atom. The molecule has 0 aliphatic heterocycles. The van der Waals surface area contributed by atoms with Gasteiger partial charge in [-0.2, -0.15) is 15.0 Å². The number of aryl methyl sites for hydroxylation is 1. The van der Waals surface area contributed by atoms with Gasteiger partial charge in [0.25, 0.3) is 10.0 Å². The van der Waals surface area contributed by atoms with Gasteiger partial charge in [0, 0.05) is 22.2 Å². The van der Waals surface area contributed by atoms with Crippen LogP contribution in [-0.2, 0) is 10.0 Å². The molecule has 0 aliphatic rings. The lowest BCUT2D eigenvalue weighted by molar-refractivity contribution is 0.599. The van der Waals surface area contributed by atoms with E-state index < -0.39 is 10.0 Å². The summed E-state index contributed by atoms with van der Waals surface area (Å²) in [6.45, 7) is 4.16. The van der Waals surface area contributed by atoms with E-state index in [1.807, 2.05) is 37.3 Å². The summed E-state index contributed by atoms with van der Waals surface area (Å²) >= 11 is 10.2. The Balaban J connectivity index is 1.99. The molecule has 1 aromatic heterocycles. The minimum absolute atomic E-state index is 0.0429. The highest BCUT2D eigenvalue weighted by atomic mass is 35.5. The quantitative estimate of drug-likeness (QED) is 0.491. The van der Waals surface area contributed by atoms with Crippen LogP contribution in [0.3, 0.4) is 0 Å². The molecule has 11 heteroatoms. The number of halogens is 1. The fraction of sp³-hybridized carbons (Fsp3) is 0.167. The standard InChI is InChI=1S/C18H19ClN6O2S2/c1-3-25(12-7-5-4-6-8-12)18-22-16(20)21-17(23-18)24-29(26,27)15-9-11(2)13(19)10-14(15)28/h4-10,28H,3H2,1-2H3,(H3,20,21,22,23,24). The van der Waals surface area contributed by atoms with E-state index in [1.165, 1.54) is 12.1 Å². The third kappa shape index (κ3) is 4.72. The van der Waals surface area contributed by atoms with Gasteiger partial charge in [0.1, 0.15) is 4.90 Å². The molecule has 0 fully saturated rings. The van der Waals surface area contributed by atoms with Crippen LogP contribution >= 0.6 is 24.2 Å². The molecule has 0 saturated carbocycles. The van der Waals surface area contributed by atoms with Crippen LogP contribution in [0.4, 0.5) is 23.5 Å². The number of nitrogens with one attached hydrogen (secondary N) is 1. The van der Waals surface area contributed by atoms with E-state index in [4.69, 9.17) is 17.3 Å². The van der Waals surface area contributed by atoms with E-state index >= 15 is 0 Å². The number of thiol groups is 1. The van der Waals surface area contributed by atoms with Gasteiger partial charge >= 0.3 is 0 Å². The van der Waals surface area contributed by atoms with E-state index in [0.29, 0.717) is 17.1 Å². The number of nitrogens with two attached hydrogens (primary N) is 1. The number of para-hydroxylation sites is 1. The number of nitrogens with zero attached hydrogens (tertiary/aromatic N) is 4. The summed E-state index contributed by atoms with van der Waals surface area (Å²) < 4.78 is 28.1. The lowest BCUT2D eigenvalue weighted by atomic mass is 10.2. The second-order valence-electron chi connectivity index (χ2n) is 6.07. The van der Waals surface area contributed by atoms with Crippen molar-refractivity contribution in [3.8, 4) is 0 Å². The van der Waals surface area contributed by atoms with Gasteiger partial charge in [0.15, 0.2) is 0 Å². The van der Waals surface area contributed by atoms with Crippen LogP contribution in [0.1, 0.15) is 12.5 Å². The predicted molar refractivity (Wildman–Crippen MR) is 118 cm³/mol. The third-order valence-corrected chi connectivity index (χ3v) is 6.32. The van der Waals surface area contributed by atoms with Crippen LogP contribution in [0, 0.1) is 6.92 Å². The molecular formula is C18H19ClN6O2S2. The summed E-state index contributed by atoms with van der Waals surface area (Å²) in [6, 6.07) is 12.3.